The van der Waals surface area contributed by atoms with E-state index in [1.54, 1.807) is 31.1 Å². The van der Waals surface area contributed by atoms with Crippen molar-refractivity contribution in [2.75, 3.05) is 0 Å². The van der Waals surface area contributed by atoms with Gasteiger partial charge in [0.2, 0.25) is 0 Å². The molecule has 0 saturated heterocycles. The molecule has 7 aromatic rings. The number of rotatable bonds is 5. The lowest BCUT2D eigenvalue weighted by Gasteiger charge is -2.18. The summed E-state index contributed by atoms with van der Waals surface area (Å²) in [6.07, 6.45) is 4.73. The number of aryl methyl sites for hydroxylation is 2. The van der Waals surface area contributed by atoms with Crippen molar-refractivity contribution >= 4 is 119 Å². The summed E-state index contributed by atoms with van der Waals surface area (Å²) in [7, 11) is -1.47. The summed E-state index contributed by atoms with van der Waals surface area (Å²) < 4.78 is 9.00. The second kappa shape index (κ2) is 8.37. The summed E-state index contributed by atoms with van der Waals surface area (Å²) in [5.74, 6) is 0. The fourth-order valence-electron chi connectivity index (χ4n) is 6.13. The lowest BCUT2D eigenvalue weighted by atomic mass is 9.92. The van der Waals surface area contributed by atoms with Gasteiger partial charge in [0.15, 0.2) is 0 Å². The molecule has 7 rings (SSSR count). The predicted octanol–water partition coefficient (Wildman–Crippen LogP) is 11.3. The monoisotopic (exact) mass is 558 g/mol. The molecular weight excluding hydrogens is 529 g/mol. The van der Waals surface area contributed by atoms with Crippen LogP contribution in [0.1, 0.15) is 37.8 Å². The number of hydrogen-bond acceptors (Lipinski definition) is 4. The molecule has 182 valence electrons. The van der Waals surface area contributed by atoms with Crippen molar-refractivity contribution in [2.24, 2.45) is 0 Å². The molecule has 0 amide bonds. The molecule has 3 aromatic carbocycles. The maximum Gasteiger partial charge on any atom is 0.0795 e. The molecule has 0 radical (unpaired) electrons. The molecule has 0 N–H and O–H groups in total. The molecule has 0 spiro atoms. The van der Waals surface area contributed by atoms with E-state index in [9.17, 15) is 0 Å². The van der Waals surface area contributed by atoms with Gasteiger partial charge in [0.05, 0.1) is 8.07 Å². The molecule has 0 aliphatic rings. The average molecular weight is 559 g/mol. The quantitative estimate of drug-likeness (QED) is 0.184. The number of benzene rings is 3. The fourth-order valence-corrected chi connectivity index (χ4v) is 13.0. The molecule has 0 aliphatic heterocycles. The molecule has 0 nitrogen and oxygen atoms in total. The van der Waals surface area contributed by atoms with Gasteiger partial charge in [-0.15, -0.1) is 45.3 Å². The normalized spacial score (nSPS) is 13.0. The van der Waals surface area contributed by atoms with E-state index in [0.29, 0.717) is 0 Å². The molecule has 4 aromatic heterocycles. The second-order valence-corrected chi connectivity index (χ2v) is 20.1. The third kappa shape index (κ3) is 3.19. The van der Waals surface area contributed by atoms with Crippen LogP contribution in [0.4, 0.5) is 0 Å². The largest absolute Gasteiger partial charge is 0.144 e. The van der Waals surface area contributed by atoms with Crippen LogP contribution in [0, 0.1) is 0 Å². The van der Waals surface area contributed by atoms with E-state index in [0.717, 1.165) is 0 Å². The summed E-state index contributed by atoms with van der Waals surface area (Å²) in [4.78, 5) is 0. The van der Waals surface area contributed by atoms with Crippen LogP contribution in [-0.2, 0) is 12.8 Å². The number of fused-ring (bicyclic) bond motifs is 11. The lowest BCUT2D eigenvalue weighted by molar-refractivity contribution is 0.877. The molecule has 0 bridgehead atoms. The molecular formula is C31H30S4Si. The van der Waals surface area contributed by atoms with Gasteiger partial charge in [-0.2, -0.15) is 0 Å². The third-order valence-electron chi connectivity index (χ3n) is 7.65. The summed E-state index contributed by atoms with van der Waals surface area (Å²) in [5, 5.41) is 15.3. The molecule has 4 heterocycles. The smallest absolute Gasteiger partial charge is 0.0795 e. The van der Waals surface area contributed by atoms with Gasteiger partial charge < -0.3 is 0 Å². The summed E-state index contributed by atoms with van der Waals surface area (Å²) >= 11 is 7.96. The van der Waals surface area contributed by atoms with Crippen molar-refractivity contribution in [3.63, 3.8) is 0 Å². The Labute approximate surface area is 229 Å². The van der Waals surface area contributed by atoms with E-state index < -0.39 is 8.07 Å². The standard InChI is InChI=1S/C31H30S4Si/c1-6-8-17-18(9-7-2)31-28(27-25-19-12-14-32-21(19)10-11-22(25)34-30(17)27)26-20-13-15-33-29(20)24(36(3,4)5)16-23(26)35-31/h10-16H,6-9H2,1-5H3. The second-order valence-electron chi connectivity index (χ2n) is 11.1. The Bertz CT molecular complexity index is 1950. The van der Waals surface area contributed by atoms with E-state index >= 15 is 0 Å². The van der Waals surface area contributed by atoms with Crippen molar-refractivity contribution in [3.05, 3.63) is 52.2 Å². The maximum atomic E-state index is 2.60. The summed E-state index contributed by atoms with van der Waals surface area (Å²) in [6, 6.07) is 12.1. The zero-order chi connectivity index (χ0) is 24.8. The van der Waals surface area contributed by atoms with E-state index in [4.69, 9.17) is 0 Å². The molecule has 5 heteroatoms. The Hall–Kier alpha value is -1.76. The molecule has 0 saturated carbocycles. The van der Waals surface area contributed by atoms with Crippen molar-refractivity contribution in [2.45, 2.75) is 59.2 Å². The van der Waals surface area contributed by atoms with Crippen molar-refractivity contribution in [3.8, 4) is 0 Å². The van der Waals surface area contributed by atoms with Gasteiger partial charge in [0.1, 0.15) is 0 Å². The highest BCUT2D eigenvalue weighted by atomic mass is 32.1. The van der Waals surface area contributed by atoms with E-state index in [-0.39, 0.29) is 0 Å². The topological polar surface area (TPSA) is 0 Å². The van der Waals surface area contributed by atoms with Crippen molar-refractivity contribution < 1.29 is 0 Å². The fraction of sp³-hybridized carbons (Fsp3) is 0.290. The van der Waals surface area contributed by atoms with Gasteiger partial charge in [-0.3, -0.25) is 0 Å². The Morgan fingerprint density at radius 2 is 1.19 bits per heavy atom. The molecule has 0 fully saturated rings. The van der Waals surface area contributed by atoms with Gasteiger partial charge in [0.25, 0.3) is 0 Å². The molecule has 0 atom stereocenters. The van der Waals surface area contributed by atoms with Gasteiger partial charge in [0, 0.05) is 60.5 Å². The molecule has 36 heavy (non-hydrogen) atoms. The first-order chi connectivity index (χ1) is 17.4. The highest BCUT2D eigenvalue weighted by molar-refractivity contribution is 7.29. The van der Waals surface area contributed by atoms with Crippen LogP contribution >= 0.6 is 45.3 Å². The summed E-state index contributed by atoms with van der Waals surface area (Å²) in [5.41, 5.74) is 3.26. The summed E-state index contributed by atoms with van der Waals surface area (Å²) in [6.45, 7) is 12.2. The SMILES string of the molecule is CCCc1c(CCC)c2sc3cc([Si](C)(C)C)c4sccc4c3c2c2c1sc1ccc3sccc3c12. The minimum absolute atomic E-state index is 1.17. The number of hydrogen-bond donors (Lipinski definition) is 0. The predicted molar refractivity (Wildman–Crippen MR) is 174 cm³/mol. The Balaban J connectivity index is 1.82. The average Bonchev–Trinajstić information content (AvgIpc) is 3.61. The van der Waals surface area contributed by atoms with Gasteiger partial charge >= 0.3 is 0 Å². The van der Waals surface area contributed by atoms with E-state index in [1.165, 1.54) is 71.4 Å². The molecule has 0 aliphatic carbocycles. The van der Waals surface area contributed by atoms with E-state index in [1.807, 2.05) is 34.0 Å². The zero-order valence-electron chi connectivity index (χ0n) is 21.5. The van der Waals surface area contributed by atoms with Gasteiger partial charge in [-0.05, 0) is 70.2 Å². The third-order valence-corrected chi connectivity index (χ3v) is 14.1. The zero-order valence-corrected chi connectivity index (χ0v) is 25.8. The van der Waals surface area contributed by atoms with E-state index in [2.05, 4.69) is 85.9 Å². The Morgan fingerprint density at radius 3 is 1.86 bits per heavy atom. The maximum absolute atomic E-state index is 2.60. The first kappa shape index (κ1) is 23.4. The van der Waals surface area contributed by atoms with Gasteiger partial charge in [-0.25, -0.2) is 0 Å². The van der Waals surface area contributed by atoms with Crippen molar-refractivity contribution in [1.29, 1.82) is 0 Å². The van der Waals surface area contributed by atoms with Crippen LogP contribution < -0.4 is 5.19 Å². The Kier molecular flexibility index (Phi) is 5.43. The highest BCUT2D eigenvalue weighted by Crippen LogP contribution is 2.52. The number of thiophene rings is 4. The minimum Gasteiger partial charge on any atom is -0.144 e. The minimum atomic E-state index is -1.47. The first-order valence-electron chi connectivity index (χ1n) is 13.0. The van der Waals surface area contributed by atoms with Crippen molar-refractivity contribution in [1.82, 2.24) is 0 Å². The Morgan fingerprint density at radius 1 is 0.611 bits per heavy atom. The van der Waals surface area contributed by atoms with Gasteiger partial charge in [-0.1, -0.05) is 46.3 Å². The van der Waals surface area contributed by atoms with Crippen LogP contribution in [0.5, 0.6) is 0 Å². The van der Waals surface area contributed by atoms with Crippen LogP contribution in [0.15, 0.2) is 41.1 Å². The van der Waals surface area contributed by atoms with Crippen LogP contribution in [0.2, 0.25) is 19.6 Å². The van der Waals surface area contributed by atoms with Crippen LogP contribution in [0.25, 0.3) is 60.5 Å². The first-order valence-corrected chi connectivity index (χ1v) is 19.9. The van der Waals surface area contributed by atoms with Crippen LogP contribution in [-0.4, -0.2) is 8.07 Å². The van der Waals surface area contributed by atoms with Crippen LogP contribution in [0.3, 0.4) is 0 Å². The lowest BCUT2D eigenvalue weighted by Crippen LogP contribution is -2.37. The molecule has 0 unspecified atom stereocenters. The highest BCUT2D eigenvalue weighted by Gasteiger charge is 2.27.